The van der Waals surface area contributed by atoms with Crippen LogP contribution in [0, 0.1) is 5.82 Å². The van der Waals surface area contributed by atoms with E-state index in [4.69, 9.17) is 4.52 Å². The van der Waals surface area contributed by atoms with Gasteiger partial charge in [-0.05, 0) is 12.1 Å². The molecule has 0 atom stereocenters. The molecule has 0 saturated carbocycles. The standard InChI is InChI=1S/C17H13FN2O3/c1-20-15(11-7-3-2-4-8-11)14(17(22)23-20)16(21)19-13-10-6-5-9-12(13)18/h2-10H,1H3,(H,19,21). The second-order valence-electron chi connectivity index (χ2n) is 4.90. The molecule has 0 aliphatic rings. The zero-order chi connectivity index (χ0) is 16.4. The normalized spacial score (nSPS) is 10.5. The molecule has 116 valence electrons. The Labute approximate surface area is 130 Å². The van der Waals surface area contributed by atoms with Crippen LogP contribution in [0.1, 0.15) is 10.4 Å². The molecule has 5 nitrogen and oxygen atoms in total. The predicted octanol–water partition coefficient (Wildman–Crippen LogP) is 3.04. The van der Waals surface area contributed by atoms with E-state index in [1.165, 1.54) is 30.0 Å². The number of hydrogen-bond donors (Lipinski definition) is 1. The van der Waals surface area contributed by atoms with E-state index in [1.54, 1.807) is 30.3 Å². The molecule has 0 unspecified atom stereocenters. The second kappa shape index (κ2) is 5.92. The first-order valence-corrected chi connectivity index (χ1v) is 6.89. The molecule has 0 radical (unpaired) electrons. The van der Waals surface area contributed by atoms with Crippen molar-refractivity contribution < 1.29 is 13.7 Å². The molecule has 0 spiro atoms. The van der Waals surface area contributed by atoms with Crippen molar-refractivity contribution in [2.45, 2.75) is 0 Å². The molecular weight excluding hydrogens is 299 g/mol. The van der Waals surface area contributed by atoms with Crippen molar-refractivity contribution in [3.05, 3.63) is 76.4 Å². The maximum Gasteiger partial charge on any atom is 0.370 e. The van der Waals surface area contributed by atoms with Crippen LogP contribution >= 0.6 is 0 Å². The van der Waals surface area contributed by atoms with E-state index in [0.717, 1.165) is 0 Å². The summed E-state index contributed by atoms with van der Waals surface area (Å²) in [5.74, 6) is -1.30. The lowest BCUT2D eigenvalue weighted by Gasteiger charge is -2.07. The number of para-hydroxylation sites is 1. The molecule has 23 heavy (non-hydrogen) atoms. The van der Waals surface area contributed by atoms with E-state index in [-0.39, 0.29) is 11.3 Å². The quantitative estimate of drug-likeness (QED) is 0.808. The van der Waals surface area contributed by atoms with E-state index in [1.807, 2.05) is 6.07 Å². The highest BCUT2D eigenvalue weighted by Crippen LogP contribution is 2.23. The number of nitrogens with one attached hydrogen (secondary N) is 1. The molecule has 0 saturated heterocycles. The molecule has 1 aromatic heterocycles. The Morgan fingerprint density at radius 2 is 1.74 bits per heavy atom. The van der Waals surface area contributed by atoms with Gasteiger partial charge in [-0.25, -0.2) is 13.9 Å². The highest BCUT2D eigenvalue weighted by atomic mass is 19.1. The lowest BCUT2D eigenvalue weighted by atomic mass is 10.1. The summed E-state index contributed by atoms with van der Waals surface area (Å²) in [7, 11) is 1.53. The van der Waals surface area contributed by atoms with Crippen molar-refractivity contribution >= 4 is 11.6 Å². The van der Waals surface area contributed by atoms with Gasteiger partial charge in [-0.3, -0.25) is 4.79 Å². The Hall–Kier alpha value is -3.15. The number of anilines is 1. The van der Waals surface area contributed by atoms with Crippen molar-refractivity contribution in [2.24, 2.45) is 7.05 Å². The average Bonchev–Trinajstić information content (AvgIpc) is 2.85. The number of hydrogen-bond acceptors (Lipinski definition) is 3. The number of nitrogens with zero attached hydrogens (tertiary/aromatic N) is 1. The van der Waals surface area contributed by atoms with E-state index < -0.39 is 17.3 Å². The van der Waals surface area contributed by atoms with Gasteiger partial charge >= 0.3 is 5.63 Å². The third-order valence-electron chi connectivity index (χ3n) is 3.37. The van der Waals surface area contributed by atoms with Gasteiger partial charge in [0, 0.05) is 12.6 Å². The van der Waals surface area contributed by atoms with Crippen molar-refractivity contribution in [3.63, 3.8) is 0 Å². The van der Waals surface area contributed by atoms with Gasteiger partial charge < -0.3 is 9.84 Å². The number of carbonyl (C=O) groups excluding carboxylic acids is 1. The van der Waals surface area contributed by atoms with Crippen molar-refractivity contribution in [2.75, 3.05) is 5.32 Å². The van der Waals surface area contributed by atoms with Crippen molar-refractivity contribution in [1.29, 1.82) is 0 Å². The first kappa shape index (κ1) is 14.8. The van der Waals surface area contributed by atoms with Gasteiger partial charge in [0.2, 0.25) is 0 Å². The van der Waals surface area contributed by atoms with Crippen LogP contribution in [-0.4, -0.2) is 10.6 Å². The minimum absolute atomic E-state index is 0.000218. The Bertz CT molecular complexity index is 913. The van der Waals surface area contributed by atoms with Crippen LogP contribution in [0.15, 0.2) is 63.9 Å². The summed E-state index contributed by atoms with van der Waals surface area (Å²) >= 11 is 0. The highest BCUT2D eigenvalue weighted by molar-refractivity contribution is 6.07. The van der Waals surface area contributed by atoms with Crippen LogP contribution in [0.5, 0.6) is 0 Å². The molecule has 0 bridgehead atoms. The van der Waals surface area contributed by atoms with E-state index in [2.05, 4.69) is 5.32 Å². The van der Waals surface area contributed by atoms with E-state index in [0.29, 0.717) is 11.3 Å². The van der Waals surface area contributed by atoms with Crippen LogP contribution in [-0.2, 0) is 7.05 Å². The van der Waals surface area contributed by atoms with E-state index in [9.17, 15) is 14.0 Å². The van der Waals surface area contributed by atoms with Crippen LogP contribution in [0.4, 0.5) is 10.1 Å². The predicted molar refractivity (Wildman–Crippen MR) is 83.7 cm³/mol. The molecule has 0 aliphatic carbocycles. The Balaban J connectivity index is 2.05. The van der Waals surface area contributed by atoms with Gasteiger partial charge in [-0.2, -0.15) is 0 Å². The zero-order valence-electron chi connectivity index (χ0n) is 12.2. The highest BCUT2D eigenvalue weighted by Gasteiger charge is 2.24. The Morgan fingerprint density at radius 3 is 2.43 bits per heavy atom. The van der Waals surface area contributed by atoms with Crippen LogP contribution in [0.2, 0.25) is 0 Å². The van der Waals surface area contributed by atoms with Crippen LogP contribution in [0.3, 0.4) is 0 Å². The van der Waals surface area contributed by atoms with E-state index >= 15 is 0 Å². The Kier molecular flexibility index (Phi) is 3.80. The molecule has 3 aromatic rings. The fourth-order valence-corrected chi connectivity index (χ4v) is 2.34. The summed E-state index contributed by atoms with van der Waals surface area (Å²) in [6.07, 6.45) is 0. The summed E-state index contributed by atoms with van der Waals surface area (Å²) < 4.78 is 19.9. The molecule has 1 amide bonds. The maximum atomic E-state index is 13.7. The molecule has 0 fully saturated rings. The van der Waals surface area contributed by atoms with Gasteiger partial charge in [-0.1, -0.05) is 42.5 Å². The fourth-order valence-electron chi connectivity index (χ4n) is 2.34. The smallest absolute Gasteiger partial charge is 0.335 e. The maximum absolute atomic E-state index is 13.7. The Morgan fingerprint density at radius 1 is 1.09 bits per heavy atom. The summed E-state index contributed by atoms with van der Waals surface area (Å²) in [4.78, 5) is 24.5. The number of halogens is 1. The first-order valence-electron chi connectivity index (χ1n) is 6.89. The zero-order valence-corrected chi connectivity index (χ0v) is 12.2. The molecule has 6 heteroatoms. The number of aromatic nitrogens is 1. The number of amides is 1. The first-order chi connectivity index (χ1) is 11.1. The second-order valence-corrected chi connectivity index (χ2v) is 4.90. The van der Waals surface area contributed by atoms with Crippen LogP contribution < -0.4 is 10.9 Å². The average molecular weight is 312 g/mol. The number of carbonyl (C=O) groups is 1. The monoisotopic (exact) mass is 312 g/mol. The summed E-state index contributed by atoms with van der Waals surface area (Å²) in [5.41, 5.74) is 0.0471. The van der Waals surface area contributed by atoms with Crippen molar-refractivity contribution in [1.82, 2.24) is 4.74 Å². The molecule has 1 N–H and O–H groups in total. The number of rotatable bonds is 3. The summed E-state index contributed by atoms with van der Waals surface area (Å²) in [6.45, 7) is 0. The molecule has 2 aromatic carbocycles. The number of benzene rings is 2. The summed E-state index contributed by atoms with van der Waals surface area (Å²) in [5, 5.41) is 2.40. The van der Waals surface area contributed by atoms with Crippen LogP contribution in [0.25, 0.3) is 11.3 Å². The number of aryl methyl sites for hydroxylation is 1. The molecule has 1 heterocycles. The van der Waals surface area contributed by atoms with Gasteiger partial charge in [0.25, 0.3) is 5.91 Å². The summed E-state index contributed by atoms with van der Waals surface area (Å²) in [6, 6.07) is 14.6. The minimum Gasteiger partial charge on any atom is -0.335 e. The van der Waals surface area contributed by atoms with Gasteiger partial charge in [0.05, 0.1) is 5.69 Å². The van der Waals surface area contributed by atoms with Gasteiger partial charge in [-0.15, -0.1) is 0 Å². The minimum atomic E-state index is -0.778. The molecule has 3 rings (SSSR count). The third kappa shape index (κ3) is 2.78. The molecular formula is C17H13FN2O3. The topological polar surface area (TPSA) is 64.2 Å². The van der Waals surface area contributed by atoms with Gasteiger partial charge in [0.1, 0.15) is 11.5 Å². The SMILES string of the molecule is Cn1oc(=O)c(C(=O)Nc2ccccc2F)c1-c1ccccc1. The third-order valence-corrected chi connectivity index (χ3v) is 3.37. The fraction of sp³-hybridized carbons (Fsp3) is 0.0588. The van der Waals surface area contributed by atoms with Crippen molar-refractivity contribution in [3.8, 4) is 11.3 Å². The largest absolute Gasteiger partial charge is 0.370 e. The lowest BCUT2D eigenvalue weighted by Crippen LogP contribution is -2.19. The van der Waals surface area contributed by atoms with Gasteiger partial charge in [0.15, 0.2) is 5.56 Å². The lowest BCUT2D eigenvalue weighted by molar-refractivity contribution is 0.102. The molecule has 0 aliphatic heterocycles.